The maximum atomic E-state index is 10.9. The molecule has 0 amide bonds. The monoisotopic (exact) mass is 541 g/mol. The molecule has 3 heterocycles. The molecular weight excluding hydrogens is 502 g/mol. The van der Waals surface area contributed by atoms with Crippen LogP contribution in [-0.2, 0) is 23.7 Å². The molecule has 216 valence electrons. The summed E-state index contributed by atoms with van der Waals surface area (Å²) in [4.78, 5) is 0. The minimum atomic E-state index is -2.47. The number of nitrogens with two attached hydrogens (primary N) is 1. The molecule has 37 heavy (non-hydrogen) atoms. The second kappa shape index (κ2) is 11.5. The van der Waals surface area contributed by atoms with E-state index in [9.17, 15) is 40.9 Å². The summed E-state index contributed by atoms with van der Waals surface area (Å²) in [5, 5.41) is 89.3. The van der Waals surface area contributed by atoms with Crippen molar-refractivity contribution in [2.75, 3.05) is 27.3 Å². The first-order chi connectivity index (χ1) is 17.5. The van der Waals surface area contributed by atoms with Crippen LogP contribution in [0.25, 0.3) is 0 Å². The molecule has 0 aromatic carbocycles. The van der Waals surface area contributed by atoms with E-state index in [0.29, 0.717) is 6.42 Å². The van der Waals surface area contributed by atoms with E-state index in [2.05, 4.69) is 10.6 Å². The van der Waals surface area contributed by atoms with Gasteiger partial charge in [-0.3, -0.25) is 0 Å². The molecule has 10 unspecified atom stereocenters. The average Bonchev–Trinajstić information content (AvgIpc) is 3.29. The van der Waals surface area contributed by atoms with E-state index in [1.54, 1.807) is 14.1 Å². The molecule has 0 aromatic rings. The first-order valence-electron chi connectivity index (χ1n) is 12.3. The molecule has 0 radical (unpaired) electrons. The van der Waals surface area contributed by atoms with E-state index in [4.69, 9.17) is 29.4 Å². The van der Waals surface area contributed by atoms with Crippen LogP contribution >= 0.6 is 0 Å². The first-order valence-corrected chi connectivity index (χ1v) is 12.3. The van der Waals surface area contributed by atoms with Crippen molar-refractivity contribution in [2.24, 2.45) is 5.73 Å². The topological polar surface area (TPSA) is 258 Å². The lowest BCUT2D eigenvalue weighted by Crippen LogP contribution is -2.69. The molecule has 4 rings (SSSR count). The number of hydrogen-bond acceptors (Lipinski definition) is 16. The van der Waals surface area contributed by atoms with Crippen molar-refractivity contribution in [3.8, 4) is 0 Å². The second-order valence-corrected chi connectivity index (χ2v) is 9.95. The molecule has 1 saturated carbocycles. The van der Waals surface area contributed by atoms with Gasteiger partial charge in [-0.05, 0) is 20.5 Å². The Balaban J connectivity index is 1.63. The van der Waals surface area contributed by atoms with Gasteiger partial charge in [0.25, 0.3) is 0 Å². The fourth-order valence-electron chi connectivity index (χ4n) is 5.48. The van der Waals surface area contributed by atoms with Gasteiger partial charge in [0.1, 0.15) is 48.8 Å². The molecule has 1 spiro atoms. The molecule has 16 heteroatoms. The van der Waals surface area contributed by atoms with Crippen molar-refractivity contribution in [2.45, 2.75) is 104 Å². The van der Waals surface area contributed by atoms with Crippen molar-refractivity contribution in [1.82, 2.24) is 10.6 Å². The zero-order valence-electron chi connectivity index (χ0n) is 20.5. The Bertz CT molecular complexity index is 755. The SMILES string of the molecule is CNC1CC(NC)[C@H](O)C(O[C@@H]2OC(CO)[C@@H](O)C3OC4(OC32)OC([C@@H](N)CO)[C@@H](O)C(O)[C@@H]4O)C1O. The molecular formula is C21H39N3O13. The molecule has 12 N–H and O–H groups in total. The minimum Gasteiger partial charge on any atom is -0.395 e. The van der Waals surface area contributed by atoms with Crippen molar-refractivity contribution in [3.05, 3.63) is 0 Å². The summed E-state index contributed by atoms with van der Waals surface area (Å²) in [5.74, 6) is -2.47. The van der Waals surface area contributed by atoms with Crippen LogP contribution in [0.3, 0.4) is 0 Å². The lowest BCUT2D eigenvalue weighted by Gasteiger charge is -2.46. The van der Waals surface area contributed by atoms with Crippen LogP contribution in [0.5, 0.6) is 0 Å². The van der Waals surface area contributed by atoms with Crippen molar-refractivity contribution in [1.29, 1.82) is 0 Å². The van der Waals surface area contributed by atoms with E-state index in [0.717, 1.165) is 0 Å². The molecule has 16 atom stereocenters. The summed E-state index contributed by atoms with van der Waals surface area (Å²) < 4.78 is 29.0. The number of likely N-dealkylation sites (N-methyl/N-ethyl adjacent to an activating group) is 2. The lowest BCUT2D eigenvalue weighted by molar-refractivity contribution is -0.439. The van der Waals surface area contributed by atoms with Gasteiger partial charge in [0.15, 0.2) is 12.4 Å². The van der Waals surface area contributed by atoms with Crippen LogP contribution in [-0.4, -0.2) is 166 Å². The second-order valence-electron chi connectivity index (χ2n) is 9.95. The molecule has 0 aromatic heterocycles. The Hall–Kier alpha value is -0.640. The molecule has 1 aliphatic carbocycles. The Morgan fingerprint density at radius 1 is 0.865 bits per heavy atom. The first kappa shape index (κ1) is 29.3. The zero-order chi connectivity index (χ0) is 27.2. The highest BCUT2D eigenvalue weighted by atomic mass is 16.9. The van der Waals surface area contributed by atoms with Gasteiger partial charge >= 0.3 is 5.97 Å². The largest absolute Gasteiger partial charge is 0.395 e. The number of fused-ring (bicyclic) bond motifs is 1. The van der Waals surface area contributed by atoms with E-state index in [1.807, 2.05) is 0 Å². The molecule has 4 fully saturated rings. The summed E-state index contributed by atoms with van der Waals surface area (Å²) in [6.45, 7) is -1.31. The number of nitrogens with one attached hydrogen (secondary N) is 2. The van der Waals surface area contributed by atoms with Gasteiger partial charge in [0.05, 0.1) is 31.5 Å². The highest BCUT2D eigenvalue weighted by molar-refractivity contribution is 5.05. The van der Waals surface area contributed by atoms with Crippen LogP contribution in [0, 0.1) is 0 Å². The quantitative estimate of drug-likeness (QED) is 0.143. The Labute approximate surface area is 212 Å². The van der Waals surface area contributed by atoms with Gasteiger partial charge in [-0.15, -0.1) is 0 Å². The van der Waals surface area contributed by atoms with Gasteiger partial charge in [-0.1, -0.05) is 0 Å². The van der Waals surface area contributed by atoms with Crippen molar-refractivity contribution in [3.63, 3.8) is 0 Å². The molecule has 0 bridgehead atoms. The van der Waals surface area contributed by atoms with Crippen LogP contribution < -0.4 is 16.4 Å². The summed E-state index contributed by atoms with van der Waals surface area (Å²) in [6.07, 6.45) is -17.2. The third-order valence-electron chi connectivity index (χ3n) is 7.74. The molecule has 3 saturated heterocycles. The number of aliphatic hydroxyl groups is 8. The van der Waals surface area contributed by atoms with Gasteiger partial charge in [0.2, 0.25) is 0 Å². The van der Waals surface area contributed by atoms with Crippen LogP contribution in [0.4, 0.5) is 0 Å². The van der Waals surface area contributed by atoms with E-state index < -0.39 is 111 Å². The summed E-state index contributed by atoms with van der Waals surface area (Å²) in [5.41, 5.74) is 5.81. The molecule has 16 nitrogen and oxygen atoms in total. The van der Waals surface area contributed by atoms with Gasteiger partial charge in [-0.2, -0.15) is 0 Å². The predicted octanol–water partition coefficient (Wildman–Crippen LogP) is -7.01. The number of hydrogen-bond donors (Lipinski definition) is 11. The lowest BCUT2D eigenvalue weighted by atomic mass is 9.83. The van der Waals surface area contributed by atoms with Crippen molar-refractivity contribution < 1.29 is 64.5 Å². The van der Waals surface area contributed by atoms with E-state index in [-0.39, 0.29) is 0 Å². The standard InChI is InChI=1S/C21H39N3O13/c1-23-7-3-8(24-2)11(28)16(10(7)27)34-20-18-17(12(29)9(5-26)33-20)36-21(37-18)19(32)14(31)13(30)15(35-21)6(22)4-25/h6-20,23-32H,3-5,22H2,1-2H3/t6-,7?,8?,9?,10-,11?,12+,13-,14?,15?,16?,17?,18?,19-,20-,21?/m0/s1. The Kier molecular flexibility index (Phi) is 9.09. The molecule has 3 aliphatic heterocycles. The maximum absolute atomic E-state index is 10.9. The molecule has 4 aliphatic rings. The van der Waals surface area contributed by atoms with E-state index in [1.165, 1.54) is 0 Å². The van der Waals surface area contributed by atoms with Crippen LogP contribution in [0.15, 0.2) is 0 Å². The average molecular weight is 542 g/mol. The fraction of sp³-hybridized carbons (Fsp3) is 1.00. The Morgan fingerprint density at radius 3 is 2.00 bits per heavy atom. The maximum Gasteiger partial charge on any atom is 0.314 e. The van der Waals surface area contributed by atoms with Gasteiger partial charge in [-0.25, -0.2) is 0 Å². The minimum absolute atomic E-state index is 0.389. The predicted molar refractivity (Wildman–Crippen MR) is 119 cm³/mol. The highest BCUT2D eigenvalue weighted by Gasteiger charge is 2.67. The fourth-order valence-corrected chi connectivity index (χ4v) is 5.48. The third kappa shape index (κ3) is 5.04. The highest BCUT2D eigenvalue weighted by Crippen LogP contribution is 2.45. The zero-order valence-corrected chi connectivity index (χ0v) is 20.5. The van der Waals surface area contributed by atoms with Gasteiger partial charge < -0.3 is 80.9 Å². The summed E-state index contributed by atoms with van der Waals surface area (Å²) in [7, 11) is 3.29. The smallest absolute Gasteiger partial charge is 0.314 e. The van der Waals surface area contributed by atoms with Crippen LogP contribution in [0.1, 0.15) is 6.42 Å². The third-order valence-corrected chi connectivity index (χ3v) is 7.74. The van der Waals surface area contributed by atoms with Gasteiger partial charge in [0, 0.05) is 12.1 Å². The summed E-state index contributed by atoms with van der Waals surface area (Å²) in [6, 6.07) is -2.12. The summed E-state index contributed by atoms with van der Waals surface area (Å²) >= 11 is 0. The number of rotatable bonds is 7. The van der Waals surface area contributed by atoms with Crippen molar-refractivity contribution >= 4 is 0 Å². The Morgan fingerprint density at radius 2 is 1.46 bits per heavy atom. The van der Waals surface area contributed by atoms with Crippen LogP contribution in [0.2, 0.25) is 0 Å². The van der Waals surface area contributed by atoms with E-state index >= 15 is 0 Å². The normalized spacial score (nSPS) is 53.3. The number of ether oxygens (including phenoxy) is 5. The number of aliphatic hydroxyl groups excluding tert-OH is 8.